The normalized spacial score (nSPS) is 11.2. The predicted molar refractivity (Wildman–Crippen MR) is 68.9 cm³/mol. The third-order valence-electron chi connectivity index (χ3n) is 2.37. The minimum absolute atomic E-state index is 0.210. The van der Waals surface area contributed by atoms with E-state index in [1.54, 1.807) is 24.3 Å². The van der Waals surface area contributed by atoms with Gasteiger partial charge in [0.05, 0.1) is 5.56 Å². The van der Waals surface area contributed by atoms with Crippen LogP contribution in [0.4, 0.5) is 5.69 Å². The number of hydrogen-bond acceptors (Lipinski definition) is 4. The van der Waals surface area contributed by atoms with Gasteiger partial charge in [-0.15, -0.1) is 0 Å². The predicted octanol–water partition coefficient (Wildman–Crippen LogP) is 1.81. The first kappa shape index (κ1) is 13.5. The van der Waals surface area contributed by atoms with Crippen LogP contribution in [0.5, 0.6) is 0 Å². The molecule has 0 aliphatic rings. The van der Waals surface area contributed by atoms with Crippen molar-refractivity contribution in [1.29, 1.82) is 0 Å². The molecular weight excluding hydrogens is 216 g/mol. The molecule has 0 unspecified atom stereocenters. The first-order valence-corrected chi connectivity index (χ1v) is 5.72. The van der Waals surface area contributed by atoms with Gasteiger partial charge in [0.2, 0.25) is 0 Å². The van der Waals surface area contributed by atoms with E-state index in [0.29, 0.717) is 17.9 Å². The molecule has 0 fully saturated rings. The Morgan fingerprint density at radius 2 is 1.94 bits per heavy atom. The van der Waals surface area contributed by atoms with Crippen molar-refractivity contribution >= 4 is 11.7 Å². The van der Waals surface area contributed by atoms with Crippen molar-refractivity contribution in [2.45, 2.75) is 26.3 Å². The van der Waals surface area contributed by atoms with Gasteiger partial charge in [-0.05, 0) is 44.7 Å². The summed E-state index contributed by atoms with van der Waals surface area (Å²) in [5.41, 5.74) is 6.49. The summed E-state index contributed by atoms with van der Waals surface area (Å²) < 4.78 is 5.24. The van der Waals surface area contributed by atoms with E-state index in [2.05, 4.69) is 5.32 Å². The maximum atomic E-state index is 11.7. The van der Waals surface area contributed by atoms with Gasteiger partial charge >= 0.3 is 5.97 Å². The molecule has 0 amide bonds. The zero-order valence-corrected chi connectivity index (χ0v) is 10.6. The molecule has 1 rings (SSSR count). The van der Waals surface area contributed by atoms with Gasteiger partial charge in [-0.2, -0.15) is 0 Å². The van der Waals surface area contributed by atoms with Gasteiger partial charge in [-0.3, -0.25) is 0 Å². The number of rotatable bonds is 5. The number of ether oxygens (including phenoxy) is 1. The Labute approximate surface area is 102 Å². The van der Waals surface area contributed by atoms with E-state index in [4.69, 9.17) is 10.5 Å². The molecule has 0 radical (unpaired) electrons. The summed E-state index contributed by atoms with van der Waals surface area (Å²) in [6.07, 6.45) is 0. The standard InChI is InChI=1S/C13H20N2O2/c1-4-15-13(2,3)9-17-12(16)10-5-7-11(14)8-6-10/h5-8,15H,4,9,14H2,1-3H3. The number of nitrogens with two attached hydrogens (primary N) is 1. The Bertz CT molecular complexity index is 372. The summed E-state index contributed by atoms with van der Waals surface area (Å²) in [6, 6.07) is 6.70. The van der Waals surface area contributed by atoms with Crippen LogP contribution in [0.2, 0.25) is 0 Å². The number of likely N-dealkylation sites (N-methyl/N-ethyl adjacent to an activating group) is 1. The van der Waals surface area contributed by atoms with E-state index in [1.807, 2.05) is 20.8 Å². The number of nitrogens with one attached hydrogen (secondary N) is 1. The lowest BCUT2D eigenvalue weighted by Gasteiger charge is -2.25. The first-order chi connectivity index (χ1) is 7.94. The van der Waals surface area contributed by atoms with Crippen LogP contribution in [0.1, 0.15) is 31.1 Å². The molecule has 0 atom stereocenters. The van der Waals surface area contributed by atoms with Crippen molar-refractivity contribution in [3.63, 3.8) is 0 Å². The lowest BCUT2D eigenvalue weighted by Crippen LogP contribution is -2.43. The molecule has 0 aliphatic heterocycles. The Hall–Kier alpha value is -1.55. The van der Waals surface area contributed by atoms with E-state index in [1.165, 1.54) is 0 Å². The summed E-state index contributed by atoms with van der Waals surface area (Å²) in [6.45, 7) is 7.18. The molecule has 0 aromatic heterocycles. The molecule has 0 heterocycles. The Kier molecular flexibility index (Phi) is 4.52. The van der Waals surface area contributed by atoms with Gasteiger partial charge < -0.3 is 15.8 Å². The van der Waals surface area contributed by atoms with Gasteiger partial charge in [-0.1, -0.05) is 6.92 Å². The SMILES string of the molecule is CCNC(C)(C)COC(=O)c1ccc(N)cc1. The number of carbonyl (C=O) groups is 1. The highest BCUT2D eigenvalue weighted by Gasteiger charge is 2.19. The van der Waals surface area contributed by atoms with Crippen LogP contribution >= 0.6 is 0 Å². The minimum atomic E-state index is -0.323. The molecule has 0 saturated heterocycles. The Morgan fingerprint density at radius 1 is 1.35 bits per heavy atom. The molecule has 1 aromatic rings. The number of hydrogen-bond donors (Lipinski definition) is 2. The minimum Gasteiger partial charge on any atom is -0.460 e. The van der Waals surface area contributed by atoms with E-state index >= 15 is 0 Å². The maximum Gasteiger partial charge on any atom is 0.338 e. The van der Waals surface area contributed by atoms with Crippen molar-refractivity contribution in [1.82, 2.24) is 5.32 Å². The van der Waals surface area contributed by atoms with E-state index in [-0.39, 0.29) is 11.5 Å². The van der Waals surface area contributed by atoms with Crippen LogP contribution in [0.3, 0.4) is 0 Å². The van der Waals surface area contributed by atoms with Gasteiger partial charge in [0.25, 0.3) is 0 Å². The third kappa shape index (κ3) is 4.44. The topological polar surface area (TPSA) is 64.3 Å². The molecular formula is C13H20N2O2. The molecule has 3 N–H and O–H groups in total. The summed E-state index contributed by atoms with van der Waals surface area (Å²) >= 11 is 0. The lowest BCUT2D eigenvalue weighted by atomic mass is 10.1. The zero-order valence-electron chi connectivity index (χ0n) is 10.6. The van der Waals surface area contributed by atoms with Crippen molar-refractivity contribution in [3.05, 3.63) is 29.8 Å². The smallest absolute Gasteiger partial charge is 0.338 e. The maximum absolute atomic E-state index is 11.7. The fourth-order valence-corrected chi connectivity index (χ4v) is 1.48. The lowest BCUT2D eigenvalue weighted by molar-refractivity contribution is 0.0402. The molecule has 94 valence electrons. The van der Waals surface area contributed by atoms with Crippen LogP contribution in [0.25, 0.3) is 0 Å². The fourth-order valence-electron chi connectivity index (χ4n) is 1.48. The number of nitrogen functional groups attached to an aromatic ring is 1. The average Bonchev–Trinajstić information content (AvgIpc) is 2.27. The van der Waals surface area contributed by atoms with Crippen LogP contribution in [-0.2, 0) is 4.74 Å². The summed E-state index contributed by atoms with van der Waals surface area (Å²) in [5.74, 6) is -0.323. The van der Waals surface area contributed by atoms with Crippen LogP contribution in [0.15, 0.2) is 24.3 Å². The number of esters is 1. The average molecular weight is 236 g/mol. The van der Waals surface area contributed by atoms with Crippen molar-refractivity contribution in [2.75, 3.05) is 18.9 Å². The summed E-state index contributed by atoms with van der Waals surface area (Å²) in [4.78, 5) is 11.7. The molecule has 0 aliphatic carbocycles. The Morgan fingerprint density at radius 3 is 2.47 bits per heavy atom. The quantitative estimate of drug-likeness (QED) is 0.604. The van der Waals surface area contributed by atoms with E-state index < -0.39 is 0 Å². The van der Waals surface area contributed by atoms with Gasteiger partial charge in [-0.25, -0.2) is 4.79 Å². The van der Waals surface area contributed by atoms with Crippen LogP contribution < -0.4 is 11.1 Å². The molecule has 4 nitrogen and oxygen atoms in total. The third-order valence-corrected chi connectivity index (χ3v) is 2.37. The number of benzene rings is 1. The van der Waals surface area contributed by atoms with Gasteiger partial charge in [0.1, 0.15) is 6.61 Å². The molecule has 0 spiro atoms. The summed E-state index contributed by atoms with van der Waals surface area (Å²) in [5, 5.41) is 3.24. The second-order valence-corrected chi connectivity index (χ2v) is 4.61. The van der Waals surface area contributed by atoms with E-state index in [9.17, 15) is 4.79 Å². The van der Waals surface area contributed by atoms with Gasteiger partial charge in [0, 0.05) is 11.2 Å². The van der Waals surface area contributed by atoms with Crippen LogP contribution in [-0.4, -0.2) is 24.7 Å². The number of anilines is 1. The van der Waals surface area contributed by atoms with Crippen molar-refractivity contribution in [2.24, 2.45) is 0 Å². The van der Waals surface area contributed by atoms with Crippen LogP contribution in [0, 0.1) is 0 Å². The molecule has 0 saturated carbocycles. The monoisotopic (exact) mass is 236 g/mol. The van der Waals surface area contributed by atoms with Gasteiger partial charge in [0.15, 0.2) is 0 Å². The molecule has 1 aromatic carbocycles. The first-order valence-electron chi connectivity index (χ1n) is 5.72. The largest absolute Gasteiger partial charge is 0.460 e. The van der Waals surface area contributed by atoms with Crippen molar-refractivity contribution in [3.8, 4) is 0 Å². The van der Waals surface area contributed by atoms with E-state index in [0.717, 1.165) is 6.54 Å². The second-order valence-electron chi connectivity index (χ2n) is 4.61. The highest BCUT2D eigenvalue weighted by Crippen LogP contribution is 2.09. The van der Waals surface area contributed by atoms with Crippen molar-refractivity contribution < 1.29 is 9.53 Å². The number of carbonyl (C=O) groups excluding carboxylic acids is 1. The zero-order chi connectivity index (χ0) is 12.9. The second kappa shape index (κ2) is 5.68. The molecule has 17 heavy (non-hydrogen) atoms. The molecule has 0 bridgehead atoms. The Balaban J connectivity index is 2.53. The highest BCUT2D eigenvalue weighted by molar-refractivity contribution is 5.89. The molecule has 4 heteroatoms. The highest BCUT2D eigenvalue weighted by atomic mass is 16.5. The fraction of sp³-hybridized carbons (Fsp3) is 0.462. The summed E-state index contributed by atoms with van der Waals surface area (Å²) in [7, 11) is 0.